The van der Waals surface area contributed by atoms with Crippen LogP contribution in [0.1, 0.15) is 12.5 Å². The number of amides is 1. The summed E-state index contributed by atoms with van der Waals surface area (Å²) >= 11 is 3.54. The van der Waals surface area contributed by atoms with Gasteiger partial charge >= 0.3 is 0 Å². The minimum atomic E-state index is -0.0943. The van der Waals surface area contributed by atoms with Gasteiger partial charge < -0.3 is 5.32 Å². The normalized spacial score (nSPS) is 11.5. The van der Waals surface area contributed by atoms with Crippen LogP contribution in [0.2, 0.25) is 0 Å². The molecule has 0 heterocycles. The maximum atomic E-state index is 12.3. The van der Waals surface area contributed by atoms with E-state index >= 15 is 0 Å². The van der Waals surface area contributed by atoms with Crippen LogP contribution in [-0.2, 0) is 4.79 Å². The first-order valence-electron chi connectivity index (χ1n) is 7.36. The minimum Gasteiger partial charge on any atom is -0.322 e. The van der Waals surface area contributed by atoms with Crippen LogP contribution in [-0.4, -0.2) is 5.91 Å². The summed E-state index contributed by atoms with van der Waals surface area (Å²) in [5.74, 6) is -0.0943. The van der Waals surface area contributed by atoms with E-state index in [1.807, 2.05) is 79.7 Å². The van der Waals surface area contributed by atoms with Crippen LogP contribution in [0.5, 0.6) is 0 Å². The van der Waals surface area contributed by atoms with Crippen molar-refractivity contribution in [1.29, 1.82) is 0 Å². The van der Waals surface area contributed by atoms with Crippen molar-refractivity contribution in [2.75, 3.05) is 5.32 Å². The molecule has 0 saturated carbocycles. The molecule has 0 fully saturated rings. The molecule has 0 aliphatic heterocycles. The van der Waals surface area contributed by atoms with E-state index in [1.165, 1.54) is 0 Å². The molecule has 0 aromatic heterocycles. The number of hydrogen-bond donors (Lipinski definition) is 1. The van der Waals surface area contributed by atoms with E-state index in [9.17, 15) is 4.79 Å². The van der Waals surface area contributed by atoms with Gasteiger partial charge in [-0.3, -0.25) is 4.79 Å². The summed E-state index contributed by atoms with van der Waals surface area (Å²) in [4.78, 5) is 12.3. The standard InChI is InChI=1S/C20H16BrNO/c1-14(12-15-6-3-2-4-7-15)20(23)22-17-10-11-18-16(13-17)8-5-9-19(18)21/h2-13H,1H3,(H,22,23)/b14-12-. The first kappa shape index (κ1) is 15.5. The Morgan fingerprint density at radius 1 is 1.00 bits per heavy atom. The number of hydrogen-bond acceptors (Lipinski definition) is 1. The summed E-state index contributed by atoms with van der Waals surface area (Å²) in [5.41, 5.74) is 2.48. The zero-order valence-corrected chi connectivity index (χ0v) is 14.3. The van der Waals surface area contributed by atoms with Crippen molar-refractivity contribution in [3.05, 3.63) is 82.3 Å². The molecule has 1 N–H and O–H groups in total. The van der Waals surface area contributed by atoms with Crippen LogP contribution in [0.3, 0.4) is 0 Å². The first-order valence-corrected chi connectivity index (χ1v) is 8.16. The Morgan fingerprint density at radius 3 is 2.57 bits per heavy atom. The number of carbonyl (C=O) groups is 1. The van der Waals surface area contributed by atoms with Gasteiger partial charge in [0.15, 0.2) is 0 Å². The van der Waals surface area contributed by atoms with Crippen LogP contribution in [0.15, 0.2) is 76.8 Å². The second-order valence-corrected chi connectivity index (χ2v) is 6.22. The second kappa shape index (κ2) is 6.80. The number of anilines is 1. The molecule has 3 aromatic carbocycles. The number of halogens is 1. The zero-order chi connectivity index (χ0) is 16.2. The summed E-state index contributed by atoms with van der Waals surface area (Å²) in [6, 6.07) is 21.7. The Bertz CT molecular complexity index is 885. The molecule has 0 aliphatic carbocycles. The molecule has 0 radical (unpaired) electrons. The van der Waals surface area contributed by atoms with Crippen LogP contribution in [0.4, 0.5) is 5.69 Å². The molecular formula is C20H16BrNO. The molecule has 0 bridgehead atoms. The van der Waals surface area contributed by atoms with Gasteiger partial charge in [-0.1, -0.05) is 64.5 Å². The minimum absolute atomic E-state index is 0.0943. The lowest BCUT2D eigenvalue weighted by molar-refractivity contribution is -0.112. The topological polar surface area (TPSA) is 29.1 Å². The Hall–Kier alpha value is -2.39. The lowest BCUT2D eigenvalue weighted by atomic mass is 10.1. The average Bonchev–Trinajstić information content (AvgIpc) is 2.56. The highest BCUT2D eigenvalue weighted by Crippen LogP contribution is 2.26. The van der Waals surface area contributed by atoms with Gasteiger partial charge in [0, 0.05) is 15.7 Å². The highest BCUT2D eigenvalue weighted by molar-refractivity contribution is 9.10. The van der Waals surface area contributed by atoms with Gasteiger partial charge in [0.1, 0.15) is 0 Å². The number of fused-ring (bicyclic) bond motifs is 1. The van der Waals surface area contributed by atoms with Crippen LogP contribution < -0.4 is 5.32 Å². The van der Waals surface area contributed by atoms with Crippen molar-refractivity contribution >= 4 is 44.4 Å². The lowest BCUT2D eigenvalue weighted by Crippen LogP contribution is -2.12. The van der Waals surface area contributed by atoms with Crippen molar-refractivity contribution in [2.24, 2.45) is 0 Å². The van der Waals surface area contributed by atoms with E-state index in [2.05, 4.69) is 21.2 Å². The zero-order valence-electron chi connectivity index (χ0n) is 12.7. The predicted molar refractivity (Wildman–Crippen MR) is 100 cm³/mol. The smallest absolute Gasteiger partial charge is 0.251 e. The van der Waals surface area contributed by atoms with Crippen LogP contribution >= 0.6 is 15.9 Å². The van der Waals surface area contributed by atoms with Crippen molar-refractivity contribution in [2.45, 2.75) is 6.92 Å². The molecule has 0 spiro atoms. The molecular weight excluding hydrogens is 350 g/mol. The molecule has 3 aromatic rings. The van der Waals surface area contributed by atoms with E-state index in [1.54, 1.807) is 0 Å². The summed E-state index contributed by atoms with van der Waals surface area (Å²) in [7, 11) is 0. The number of nitrogens with one attached hydrogen (secondary N) is 1. The lowest BCUT2D eigenvalue weighted by Gasteiger charge is -2.08. The molecule has 3 heteroatoms. The van der Waals surface area contributed by atoms with Crippen molar-refractivity contribution < 1.29 is 4.79 Å². The van der Waals surface area contributed by atoms with Crippen molar-refractivity contribution in [3.8, 4) is 0 Å². The van der Waals surface area contributed by atoms with Crippen molar-refractivity contribution in [1.82, 2.24) is 0 Å². The van der Waals surface area contributed by atoms with Gasteiger partial charge in [0.25, 0.3) is 5.91 Å². The summed E-state index contributed by atoms with van der Waals surface area (Å²) in [6.45, 7) is 1.82. The third-order valence-electron chi connectivity index (χ3n) is 3.63. The third kappa shape index (κ3) is 3.69. The molecule has 1 amide bonds. The van der Waals surface area contributed by atoms with E-state index in [4.69, 9.17) is 0 Å². The molecule has 23 heavy (non-hydrogen) atoms. The van der Waals surface area contributed by atoms with E-state index in [0.29, 0.717) is 5.57 Å². The predicted octanol–water partition coefficient (Wildman–Crippen LogP) is 5.64. The number of benzene rings is 3. The summed E-state index contributed by atoms with van der Waals surface area (Å²) in [5, 5.41) is 5.16. The van der Waals surface area contributed by atoms with Gasteiger partial charge in [0.2, 0.25) is 0 Å². The van der Waals surface area contributed by atoms with E-state index in [0.717, 1.165) is 26.5 Å². The molecule has 2 nitrogen and oxygen atoms in total. The monoisotopic (exact) mass is 365 g/mol. The van der Waals surface area contributed by atoms with Gasteiger partial charge in [-0.2, -0.15) is 0 Å². The largest absolute Gasteiger partial charge is 0.322 e. The number of rotatable bonds is 3. The highest BCUT2D eigenvalue weighted by atomic mass is 79.9. The third-order valence-corrected chi connectivity index (χ3v) is 4.32. The summed E-state index contributed by atoms with van der Waals surface area (Å²) < 4.78 is 1.05. The number of carbonyl (C=O) groups excluding carboxylic acids is 1. The van der Waals surface area contributed by atoms with Crippen LogP contribution in [0.25, 0.3) is 16.8 Å². The van der Waals surface area contributed by atoms with Gasteiger partial charge in [0.05, 0.1) is 0 Å². The van der Waals surface area contributed by atoms with Gasteiger partial charge in [-0.25, -0.2) is 0 Å². The first-order chi connectivity index (χ1) is 11.1. The molecule has 0 aliphatic rings. The maximum absolute atomic E-state index is 12.3. The Morgan fingerprint density at radius 2 is 1.78 bits per heavy atom. The highest BCUT2D eigenvalue weighted by Gasteiger charge is 2.06. The second-order valence-electron chi connectivity index (χ2n) is 5.37. The molecule has 0 unspecified atom stereocenters. The average molecular weight is 366 g/mol. The molecule has 3 rings (SSSR count). The molecule has 114 valence electrons. The van der Waals surface area contributed by atoms with Crippen molar-refractivity contribution in [3.63, 3.8) is 0 Å². The van der Waals surface area contributed by atoms with Gasteiger partial charge in [-0.05, 0) is 47.5 Å². The van der Waals surface area contributed by atoms with Gasteiger partial charge in [-0.15, -0.1) is 0 Å². The van der Waals surface area contributed by atoms with E-state index < -0.39 is 0 Å². The SMILES string of the molecule is C/C(=C/c1ccccc1)C(=O)Nc1ccc2c(Br)cccc2c1. The molecule has 0 saturated heterocycles. The molecule has 0 atom stereocenters. The fourth-order valence-corrected chi connectivity index (χ4v) is 2.93. The Balaban J connectivity index is 1.81. The maximum Gasteiger partial charge on any atom is 0.251 e. The van der Waals surface area contributed by atoms with Crippen LogP contribution in [0, 0.1) is 0 Å². The van der Waals surface area contributed by atoms with E-state index in [-0.39, 0.29) is 5.91 Å². The Labute approximate surface area is 144 Å². The fourth-order valence-electron chi connectivity index (χ4n) is 2.42. The Kier molecular flexibility index (Phi) is 4.58. The fraction of sp³-hybridized carbons (Fsp3) is 0.0500. The quantitative estimate of drug-likeness (QED) is 0.597. The summed E-state index contributed by atoms with van der Waals surface area (Å²) in [6.07, 6.45) is 1.88.